The molecule has 0 heterocycles. The standard InChI is InChI=1S/C15H24O2/c1-12(2)15(3,4)14(16-5)11-17-13-9-7-6-8-10-13/h6-10,12,14H,11H2,1-5H3. The lowest BCUT2D eigenvalue weighted by atomic mass is 9.76. The first kappa shape index (κ1) is 14.0. The summed E-state index contributed by atoms with van der Waals surface area (Å²) in [4.78, 5) is 0. The van der Waals surface area contributed by atoms with Crippen LogP contribution in [0.4, 0.5) is 0 Å². The van der Waals surface area contributed by atoms with Crippen LogP contribution in [0.5, 0.6) is 5.75 Å². The molecule has 0 radical (unpaired) electrons. The molecule has 1 atom stereocenters. The van der Waals surface area contributed by atoms with Crippen LogP contribution in [-0.2, 0) is 4.74 Å². The Kier molecular flexibility index (Phi) is 5.01. The topological polar surface area (TPSA) is 18.5 Å². The molecule has 0 fully saturated rings. The summed E-state index contributed by atoms with van der Waals surface area (Å²) in [6, 6.07) is 9.87. The number of para-hydroxylation sites is 1. The smallest absolute Gasteiger partial charge is 0.119 e. The predicted octanol–water partition coefficient (Wildman–Crippen LogP) is 3.76. The van der Waals surface area contributed by atoms with E-state index in [0.29, 0.717) is 12.5 Å². The van der Waals surface area contributed by atoms with Crippen molar-refractivity contribution in [1.29, 1.82) is 0 Å². The molecule has 0 aliphatic heterocycles. The van der Waals surface area contributed by atoms with E-state index in [4.69, 9.17) is 9.47 Å². The summed E-state index contributed by atoms with van der Waals surface area (Å²) >= 11 is 0. The molecule has 0 saturated carbocycles. The van der Waals surface area contributed by atoms with Gasteiger partial charge in [0.05, 0.1) is 6.10 Å². The van der Waals surface area contributed by atoms with Gasteiger partial charge in [-0.05, 0) is 23.5 Å². The van der Waals surface area contributed by atoms with Crippen LogP contribution < -0.4 is 4.74 Å². The summed E-state index contributed by atoms with van der Waals surface area (Å²) in [6.07, 6.45) is 0.0997. The second-order valence-corrected chi connectivity index (χ2v) is 5.32. The molecule has 0 bridgehead atoms. The zero-order valence-electron chi connectivity index (χ0n) is 11.6. The zero-order chi connectivity index (χ0) is 12.9. The van der Waals surface area contributed by atoms with Crippen molar-refractivity contribution in [3.63, 3.8) is 0 Å². The molecule has 1 aromatic carbocycles. The number of hydrogen-bond donors (Lipinski definition) is 0. The molecule has 1 rings (SSSR count). The molecular formula is C15H24O2. The lowest BCUT2D eigenvalue weighted by Crippen LogP contribution is -2.40. The van der Waals surface area contributed by atoms with Crippen molar-refractivity contribution in [2.45, 2.75) is 33.8 Å². The van der Waals surface area contributed by atoms with E-state index in [9.17, 15) is 0 Å². The Hall–Kier alpha value is -1.02. The molecule has 1 aromatic rings. The Labute approximate surface area is 105 Å². The van der Waals surface area contributed by atoms with Gasteiger partial charge in [0.2, 0.25) is 0 Å². The van der Waals surface area contributed by atoms with Crippen LogP contribution in [0.1, 0.15) is 27.7 Å². The van der Waals surface area contributed by atoms with E-state index < -0.39 is 0 Å². The van der Waals surface area contributed by atoms with Crippen LogP contribution in [0.3, 0.4) is 0 Å². The minimum absolute atomic E-state index is 0.0997. The van der Waals surface area contributed by atoms with Gasteiger partial charge in [-0.15, -0.1) is 0 Å². The van der Waals surface area contributed by atoms with Crippen LogP contribution in [0.2, 0.25) is 0 Å². The Morgan fingerprint density at radius 2 is 1.71 bits per heavy atom. The quantitative estimate of drug-likeness (QED) is 0.748. The van der Waals surface area contributed by atoms with E-state index in [1.807, 2.05) is 30.3 Å². The largest absolute Gasteiger partial charge is 0.491 e. The average Bonchev–Trinajstić information content (AvgIpc) is 2.30. The highest BCUT2D eigenvalue weighted by Gasteiger charge is 2.33. The Morgan fingerprint density at radius 1 is 1.12 bits per heavy atom. The van der Waals surface area contributed by atoms with Gasteiger partial charge in [0, 0.05) is 7.11 Å². The van der Waals surface area contributed by atoms with Crippen LogP contribution in [0.25, 0.3) is 0 Å². The van der Waals surface area contributed by atoms with Gasteiger partial charge in [-0.25, -0.2) is 0 Å². The number of hydrogen-bond acceptors (Lipinski definition) is 2. The maximum atomic E-state index is 5.77. The second-order valence-electron chi connectivity index (χ2n) is 5.32. The number of rotatable bonds is 6. The molecule has 0 spiro atoms. The highest BCUT2D eigenvalue weighted by molar-refractivity contribution is 5.20. The molecule has 0 aromatic heterocycles. The van der Waals surface area contributed by atoms with Gasteiger partial charge in [-0.1, -0.05) is 45.9 Å². The highest BCUT2D eigenvalue weighted by atomic mass is 16.5. The molecule has 0 N–H and O–H groups in total. The fraction of sp³-hybridized carbons (Fsp3) is 0.600. The highest BCUT2D eigenvalue weighted by Crippen LogP contribution is 2.32. The Bertz CT molecular complexity index is 317. The summed E-state index contributed by atoms with van der Waals surface area (Å²) in [7, 11) is 1.75. The summed E-state index contributed by atoms with van der Waals surface area (Å²) < 4.78 is 11.3. The first-order valence-electron chi connectivity index (χ1n) is 6.19. The van der Waals surface area contributed by atoms with Crippen molar-refractivity contribution in [1.82, 2.24) is 0 Å². The second kappa shape index (κ2) is 6.06. The van der Waals surface area contributed by atoms with Gasteiger partial charge in [-0.3, -0.25) is 0 Å². The van der Waals surface area contributed by atoms with Crippen LogP contribution >= 0.6 is 0 Å². The van der Waals surface area contributed by atoms with Crippen molar-refractivity contribution in [2.75, 3.05) is 13.7 Å². The molecule has 0 saturated heterocycles. The average molecular weight is 236 g/mol. The molecule has 0 aliphatic carbocycles. The SMILES string of the molecule is COC(COc1ccccc1)C(C)(C)C(C)C. The third-order valence-electron chi connectivity index (χ3n) is 3.75. The fourth-order valence-electron chi connectivity index (χ4n) is 1.65. The van der Waals surface area contributed by atoms with E-state index in [1.165, 1.54) is 0 Å². The van der Waals surface area contributed by atoms with Gasteiger partial charge >= 0.3 is 0 Å². The first-order chi connectivity index (χ1) is 7.98. The van der Waals surface area contributed by atoms with Gasteiger partial charge < -0.3 is 9.47 Å². The number of ether oxygens (including phenoxy) is 2. The van der Waals surface area contributed by atoms with E-state index >= 15 is 0 Å². The molecule has 96 valence electrons. The zero-order valence-corrected chi connectivity index (χ0v) is 11.6. The van der Waals surface area contributed by atoms with Crippen molar-refractivity contribution >= 4 is 0 Å². The van der Waals surface area contributed by atoms with E-state index in [0.717, 1.165) is 5.75 Å². The van der Waals surface area contributed by atoms with Crippen LogP contribution in [-0.4, -0.2) is 19.8 Å². The van der Waals surface area contributed by atoms with Crippen LogP contribution in [0, 0.1) is 11.3 Å². The first-order valence-corrected chi connectivity index (χ1v) is 6.19. The Balaban J connectivity index is 2.59. The van der Waals surface area contributed by atoms with Crippen LogP contribution in [0.15, 0.2) is 30.3 Å². The van der Waals surface area contributed by atoms with Gasteiger partial charge in [0.25, 0.3) is 0 Å². The maximum Gasteiger partial charge on any atom is 0.119 e. The lowest BCUT2D eigenvalue weighted by Gasteiger charge is -2.36. The minimum atomic E-state index is 0.0997. The number of methoxy groups -OCH3 is 1. The van der Waals surface area contributed by atoms with Crippen molar-refractivity contribution in [3.8, 4) is 5.75 Å². The van der Waals surface area contributed by atoms with Gasteiger partial charge in [0.15, 0.2) is 0 Å². The lowest BCUT2D eigenvalue weighted by molar-refractivity contribution is -0.0444. The third kappa shape index (κ3) is 3.74. The normalized spacial score (nSPS) is 13.8. The maximum absolute atomic E-state index is 5.77. The molecule has 2 heteroatoms. The van der Waals surface area contributed by atoms with E-state index in [-0.39, 0.29) is 11.5 Å². The summed E-state index contributed by atoms with van der Waals surface area (Å²) in [5, 5.41) is 0. The molecule has 17 heavy (non-hydrogen) atoms. The van der Waals surface area contributed by atoms with Gasteiger partial charge in [-0.2, -0.15) is 0 Å². The third-order valence-corrected chi connectivity index (χ3v) is 3.75. The van der Waals surface area contributed by atoms with Crippen molar-refractivity contribution in [3.05, 3.63) is 30.3 Å². The van der Waals surface area contributed by atoms with E-state index in [2.05, 4.69) is 27.7 Å². The van der Waals surface area contributed by atoms with Gasteiger partial charge in [0.1, 0.15) is 12.4 Å². The molecule has 0 amide bonds. The fourth-order valence-corrected chi connectivity index (χ4v) is 1.65. The monoisotopic (exact) mass is 236 g/mol. The predicted molar refractivity (Wildman–Crippen MR) is 71.4 cm³/mol. The minimum Gasteiger partial charge on any atom is -0.491 e. The molecule has 1 unspecified atom stereocenters. The van der Waals surface area contributed by atoms with Crippen molar-refractivity contribution < 1.29 is 9.47 Å². The Morgan fingerprint density at radius 3 is 2.18 bits per heavy atom. The summed E-state index contributed by atoms with van der Waals surface area (Å²) in [5.74, 6) is 1.45. The summed E-state index contributed by atoms with van der Waals surface area (Å²) in [6.45, 7) is 9.47. The molecule has 2 nitrogen and oxygen atoms in total. The molecular weight excluding hydrogens is 212 g/mol. The van der Waals surface area contributed by atoms with Crippen molar-refractivity contribution in [2.24, 2.45) is 11.3 Å². The summed E-state index contributed by atoms with van der Waals surface area (Å²) in [5.41, 5.74) is 0.101. The van der Waals surface area contributed by atoms with E-state index in [1.54, 1.807) is 7.11 Å². The number of benzene rings is 1. The molecule has 0 aliphatic rings.